The molecular weight excluding hydrogens is 174 g/mol. The van der Waals surface area contributed by atoms with Crippen LogP contribution in [0.5, 0.6) is 0 Å². The molecule has 0 amide bonds. The quantitative estimate of drug-likeness (QED) is 0.434. The number of hydrogen-bond donors (Lipinski definition) is 1. The molecule has 14 heavy (non-hydrogen) atoms. The Labute approximate surface area is 82.5 Å². The summed E-state index contributed by atoms with van der Waals surface area (Å²) in [5.74, 6) is 0. The molecule has 0 aromatic heterocycles. The summed E-state index contributed by atoms with van der Waals surface area (Å²) in [7, 11) is 0. The maximum absolute atomic E-state index is 8.31. The average molecular weight is 184 g/mol. The zero-order valence-electron chi connectivity index (χ0n) is 7.64. The summed E-state index contributed by atoms with van der Waals surface area (Å²) in [5, 5.41) is 13.6. The molecular formula is C12H10NO. The molecule has 2 aromatic carbocycles. The number of rotatable bonds is 2. The molecule has 1 N–H and O–H groups in total. The van der Waals surface area contributed by atoms with Crippen molar-refractivity contribution in [1.29, 1.82) is 0 Å². The van der Waals surface area contributed by atoms with Crippen molar-refractivity contribution < 1.29 is 5.21 Å². The van der Waals surface area contributed by atoms with E-state index in [1.54, 1.807) is 0 Å². The Morgan fingerprint density at radius 3 is 2.71 bits per heavy atom. The van der Waals surface area contributed by atoms with Gasteiger partial charge in [-0.1, -0.05) is 47.6 Å². The topological polar surface area (TPSA) is 32.6 Å². The molecule has 2 heteroatoms. The Morgan fingerprint density at radius 2 is 1.86 bits per heavy atom. The fourth-order valence-electron chi connectivity index (χ4n) is 1.57. The van der Waals surface area contributed by atoms with Crippen LogP contribution in [0.2, 0.25) is 0 Å². The molecule has 0 bridgehead atoms. The molecule has 0 heterocycles. The van der Waals surface area contributed by atoms with E-state index < -0.39 is 0 Å². The minimum absolute atomic E-state index is 0.540. The molecule has 0 fully saturated rings. The summed E-state index contributed by atoms with van der Waals surface area (Å²) in [6.07, 6.45) is 3.08. The highest BCUT2D eigenvalue weighted by molar-refractivity contribution is 5.87. The van der Waals surface area contributed by atoms with Gasteiger partial charge in [0, 0.05) is 6.42 Å². The van der Waals surface area contributed by atoms with Crippen molar-refractivity contribution in [2.45, 2.75) is 6.42 Å². The predicted octanol–water partition coefficient (Wildman–Crippen LogP) is 2.72. The van der Waals surface area contributed by atoms with Crippen LogP contribution in [0.15, 0.2) is 47.6 Å². The minimum Gasteiger partial charge on any atom is -0.411 e. The van der Waals surface area contributed by atoms with Gasteiger partial charge >= 0.3 is 0 Å². The lowest BCUT2D eigenvalue weighted by molar-refractivity contribution is 0.321. The molecule has 0 spiro atoms. The SMILES string of the molecule is ON=[C]Cc1cccc2ccccc12. The highest BCUT2D eigenvalue weighted by atomic mass is 16.4. The lowest BCUT2D eigenvalue weighted by Gasteiger charge is -2.02. The first-order valence-corrected chi connectivity index (χ1v) is 4.45. The Hall–Kier alpha value is -1.83. The molecule has 69 valence electrons. The summed E-state index contributed by atoms with van der Waals surface area (Å²) in [6.45, 7) is 0. The van der Waals surface area contributed by atoms with Gasteiger partial charge in [-0.3, -0.25) is 0 Å². The molecule has 2 rings (SSSR count). The van der Waals surface area contributed by atoms with Gasteiger partial charge in [0.1, 0.15) is 6.21 Å². The fraction of sp³-hybridized carbons (Fsp3) is 0.0833. The highest BCUT2D eigenvalue weighted by Gasteiger charge is 1.97. The van der Waals surface area contributed by atoms with E-state index in [9.17, 15) is 0 Å². The lowest BCUT2D eigenvalue weighted by atomic mass is 10.0. The second-order valence-corrected chi connectivity index (χ2v) is 3.07. The van der Waals surface area contributed by atoms with Gasteiger partial charge in [0.2, 0.25) is 0 Å². The number of fused-ring (bicyclic) bond motifs is 1. The summed E-state index contributed by atoms with van der Waals surface area (Å²) in [6, 6.07) is 14.2. The second kappa shape index (κ2) is 3.92. The van der Waals surface area contributed by atoms with Gasteiger partial charge in [-0.15, -0.1) is 0 Å². The molecule has 1 radical (unpaired) electrons. The van der Waals surface area contributed by atoms with Crippen molar-refractivity contribution in [1.82, 2.24) is 0 Å². The van der Waals surface area contributed by atoms with E-state index in [2.05, 4.69) is 29.6 Å². The monoisotopic (exact) mass is 184 g/mol. The molecule has 2 aromatic rings. The van der Waals surface area contributed by atoms with Crippen molar-refractivity contribution in [3.05, 3.63) is 48.0 Å². The first kappa shape index (κ1) is 8.75. The molecule has 0 aliphatic carbocycles. The van der Waals surface area contributed by atoms with Gasteiger partial charge in [-0.2, -0.15) is 0 Å². The van der Waals surface area contributed by atoms with E-state index in [1.165, 1.54) is 10.8 Å². The largest absolute Gasteiger partial charge is 0.411 e. The normalized spacial score (nSPS) is 11.1. The Kier molecular flexibility index (Phi) is 2.45. The summed E-state index contributed by atoms with van der Waals surface area (Å²) < 4.78 is 0. The van der Waals surface area contributed by atoms with E-state index in [1.807, 2.05) is 24.3 Å². The summed E-state index contributed by atoms with van der Waals surface area (Å²) in [4.78, 5) is 0. The second-order valence-electron chi connectivity index (χ2n) is 3.07. The molecule has 0 atom stereocenters. The van der Waals surface area contributed by atoms with Gasteiger partial charge < -0.3 is 5.21 Å². The Balaban J connectivity index is 2.53. The maximum atomic E-state index is 8.31. The third kappa shape index (κ3) is 1.59. The predicted molar refractivity (Wildman–Crippen MR) is 56.9 cm³/mol. The molecule has 0 aliphatic rings. The highest BCUT2D eigenvalue weighted by Crippen LogP contribution is 2.18. The van der Waals surface area contributed by atoms with Crippen LogP contribution in [0.25, 0.3) is 10.8 Å². The van der Waals surface area contributed by atoms with Crippen molar-refractivity contribution in [2.24, 2.45) is 5.16 Å². The summed E-state index contributed by atoms with van der Waals surface area (Å²) in [5.41, 5.74) is 1.13. The van der Waals surface area contributed by atoms with E-state index >= 15 is 0 Å². The minimum atomic E-state index is 0.540. The van der Waals surface area contributed by atoms with Crippen LogP contribution in [0.1, 0.15) is 5.56 Å². The maximum Gasteiger partial charge on any atom is 0.109 e. The lowest BCUT2D eigenvalue weighted by Crippen LogP contribution is -1.87. The van der Waals surface area contributed by atoms with E-state index in [-0.39, 0.29) is 0 Å². The molecule has 0 unspecified atom stereocenters. The molecule has 0 saturated carbocycles. The number of benzene rings is 2. The van der Waals surface area contributed by atoms with E-state index in [4.69, 9.17) is 5.21 Å². The zero-order chi connectivity index (χ0) is 9.80. The number of nitrogens with zero attached hydrogens (tertiary/aromatic N) is 1. The smallest absolute Gasteiger partial charge is 0.109 e. The van der Waals surface area contributed by atoms with Gasteiger partial charge in [-0.05, 0) is 16.3 Å². The molecule has 0 saturated heterocycles. The van der Waals surface area contributed by atoms with E-state index in [0.29, 0.717) is 6.42 Å². The van der Waals surface area contributed by atoms with Crippen molar-refractivity contribution in [3.63, 3.8) is 0 Å². The summed E-state index contributed by atoms with van der Waals surface area (Å²) >= 11 is 0. The van der Waals surface area contributed by atoms with Gasteiger partial charge in [0.25, 0.3) is 0 Å². The van der Waals surface area contributed by atoms with Crippen LogP contribution in [0.3, 0.4) is 0 Å². The third-order valence-electron chi connectivity index (χ3n) is 2.22. The average Bonchev–Trinajstić information content (AvgIpc) is 2.26. The van der Waals surface area contributed by atoms with Crippen molar-refractivity contribution in [3.8, 4) is 0 Å². The van der Waals surface area contributed by atoms with Crippen LogP contribution in [0, 0.1) is 0 Å². The van der Waals surface area contributed by atoms with Crippen LogP contribution >= 0.6 is 0 Å². The van der Waals surface area contributed by atoms with Crippen LogP contribution in [-0.4, -0.2) is 11.4 Å². The first-order chi connectivity index (χ1) is 6.92. The first-order valence-electron chi connectivity index (χ1n) is 4.45. The zero-order valence-corrected chi connectivity index (χ0v) is 7.64. The van der Waals surface area contributed by atoms with Crippen LogP contribution < -0.4 is 0 Å². The van der Waals surface area contributed by atoms with E-state index in [0.717, 1.165) is 5.56 Å². The van der Waals surface area contributed by atoms with Crippen LogP contribution in [0.4, 0.5) is 0 Å². The van der Waals surface area contributed by atoms with Crippen molar-refractivity contribution in [2.75, 3.05) is 0 Å². The van der Waals surface area contributed by atoms with Gasteiger partial charge in [-0.25, -0.2) is 0 Å². The molecule has 2 nitrogen and oxygen atoms in total. The Bertz CT molecular complexity index is 457. The fourth-order valence-corrected chi connectivity index (χ4v) is 1.57. The van der Waals surface area contributed by atoms with Crippen molar-refractivity contribution >= 4 is 17.0 Å². The standard InChI is InChI=1S/C12H10NO/c14-13-9-8-11-6-3-5-10-4-1-2-7-12(10)11/h1-7,14H,8H2. The molecule has 0 aliphatic heterocycles. The Morgan fingerprint density at radius 1 is 1.07 bits per heavy atom. The van der Waals surface area contributed by atoms with Gasteiger partial charge in [0.05, 0.1) is 0 Å². The van der Waals surface area contributed by atoms with Gasteiger partial charge in [0.15, 0.2) is 0 Å². The number of hydrogen-bond acceptors (Lipinski definition) is 2. The van der Waals surface area contributed by atoms with Crippen LogP contribution in [-0.2, 0) is 6.42 Å². The third-order valence-corrected chi connectivity index (χ3v) is 2.22.